The second-order valence-corrected chi connectivity index (χ2v) is 4.40. The third kappa shape index (κ3) is 2.77. The second-order valence-electron chi connectivity index (χ2n) is 4.40. The van der Waals surface area contributed by atoms with Gasteiger partial charge in [-0.15, -0.1) is 0 Å². The highest BCUT2D eigenvalue weighted by Crippen LogP contribution is 2.23. The molecule has 4 heteroatoms. The average molecular weight is 236 g/mol. The van der Waals surface area contributed by atoms with Crippen LogP contribution in [-0.4, -0.2) is 31.7 Å². The van der Waals surface area contributed by atoms with Crippen molar-refractivity contribution < 1.29 is 9.90 Å². The van der Waals surface area contributed by atoms with E-state index >= 15 is 0 Å². The highest BCUT2D eigenvalue weighted by atomic mass is 16.4. The third-order valence-electron chi connectivity index (χ3n) is 2.92. The Morgan fingerprint density at radius 3 is 2.24 bits per heavy atom. The molecule has 0 saturated carbocycles. The van der Waals surface area contributed by atoms with Crippen LogP contribution in [0.3, 0.4) is 0 Å². The molecule has 2 N–H and O–H groups in total. The lowest BCUT2D eigenvalue weighted by Gasteiger charge is -2.26. The van der Waals surface area contributed by atoms with Crippen LogP contribution in [0.5, 0.6) is 0 Å². The smallest absolute Gasteiger partial charge is 0.328 e. The van der Waals surface area contributed by atoms with Gasteiger partial charge in [0.25, 0.3) is 0 Å². The van der Waals surface area contributed by atoms with Gasteiger partial charge < -0.3 is 10.0 Å². The summed E-state index contributed by atoms with van der Waals surface area (Å²) in [7, 11) is 3.91. The molecule has 0 aromatic heterocycles. The first-order valence-corrected chi connectivity index (χ1v) is 5.68. The molecule has 1 aromatic rings. The molecule has 94 valence electrons. The fourth-order valence-electron chi connectivity index (χ4n) is 1.75. The van der Waals surface area contributed by atoms with Gasteiger partial charge in [-0.25, -0.2) is 4.79 Å². The fourth-order valence-corrected chi connectivity index (χ4v) is 1.75. The van der Waals surface area contributed by atoms with Crippen molar-refractivity contribution in [1.82, 2.24) is 5.32 Å². The first kappa shape index (κ1) is 13.5. The number of benzene rings is 1. The van der Waals surface area contributed by atoms with Crippen molar-refractivity contribution >= 4 is 11.7 Å². The molecule has 1 rings (SSSR count). The standard InChI is InChI=1S/C13H20N2O2/c1-5-14-13(2,12(16)17)10-6-8-11(9-7-10)15(3)4/h6-9,14H,5H2,1-4H3,(H,16,17). The first-order chi connectivity index (χ1) is 7.91. The Balaban J connectivity index is 3.08. The van der Waals surface area contributed by atoms with E-state index < -0.39 is 11.5 Å². The van der Waals surface area contributed by atoms with Gasteiger partial charge in [-0.05, 0) is 31.2 Å². The van der Waals surface area contributed by atoms with Crippen molar-refractivity contribution in [2.24, 2.45) is 0 Å². The molecule has 0 radical (unpaired) electrons. The summed E-state index contributed by atoms with van der Waals surface area (Å²) in [5, 5.41) is 12.3. The summed E-state index contributed by atoms with van der Waals surface area (Å²) in [4.78, 5) is 13.3. The molecule has 1 aromatic carbocycles. The van der Waals surface area contributed by atoms with Crippen molar-refractivity contribution in [3.05, 3.63) is 29.8 Å². The van der Waals surface area contributed by atoms with Gasteiger partial charge in [0.2, 0.25) is 0 Å². The maximum atomic E-state index is 11.4. The molecule has 0 bridgehead atoms. The molecule has 0 spiro atoms. The van der Waals surface area contributed by atoms with E-state index in [4.69, 9.17) is 0 Å². The Morgan fingerprint density at radius 1 is 1.35 bits per heavy atom. The zero-order valence-electron chi connectivity index (χ0n) is 10.8. The van der Waals surface area contributed by atoms with E-state index in [-0.39, 0.29) is 0 Å². The molecule has 0 aliphatic heterocycles. The highest BCUT2D eigenvalue weighted by molar-refractivity contribution is 5.80. The van der Waals surface area contributed by atoms with E-state index in [2.05, 4.69) is 5.32 Å². The van der Waals surface area contributed by atoms with Gasteiger partial charge in [-0.2, -0.15) is 0 Å². The summed E-state index contributed by atoms with van der Waals surface area (Å²) >= 11 is 0. The topological polar surface area (TPSA) is 52.6 Å². The van der Waals surface area contributed by atoms with Crippen LogP contribution < -0.4 is 10.2 Å². The zero-order chi connectivity index (χ0) is 13.1. The normalized spacial score (nSPS) is 14.1. The summed E-state index contributed by atoms with van der Waals surface area (Å²) in [6.07, 6.45) is 0. The van der Waals surface area contributed by atoms with Gasteiger partial charge in [0.15, 0.2) is 0 Å². The fraction of sp³-hybridized carbons (Fsp3) is 0.462. The van der Waals surface area contributed by atoms with Crippen LogP contribution in [0.25, 0.3) is 0 Å². The minimum Gasteiger partial charge on any atom is -0.480 e. The van der Waals surface area contributed by atoms with Crippen LogP contribution in [0, 0.1) is 0 Å². The van der Waals surface area contributed by atoms with E-state index in [1.165, 1.54) is 0 Å². The number of likely N-dealkylation sites (N-methyl/N-ethyl adjacent to an activating group) is 1. The minimum atomic E-state index is -1.03. The number of carboxylic acids is 1. The molecule has 1 unspecified atom stereocenters. The average Bonchev–Trinajstić information content (AvgIpc) is 2.29. The van der Waals surface area contributed by atoms with Gasteiger partial charge in [0.05, 0.1) is 0 Å². The predicted molar refractivity (Wildman–Crippen MR) is 69.4 cm³/mol. The lowest BCUT2D eigenvalue weighted by Crippen LogP contribution is -2.46. The summed E-state index contributed by atoms with van der Waals surface area (Å²) < 4.78 is 0. The quantitative estimate of drug-likeness (QED) is 0.816. The van der Waals surface area contributed by atoms with E-state index in [1.807, 2.05) is 50.2 Å². The van der Waals surface area contributed by atoms with Crippen LogP contribution >= 0.6 is 0 Å². The van der Waals surface area contributed by atoms with Crippen molar-refractivity contribution in [3.63, 3.8) is 0 Å². The van der Waals surface area contributed by atoms with Crippen LogP contribution in [0.1, 0.15) is 19.4 Å². The number of hydrogen-bond donors (Lipinski definition) is 2. The number of hydrogen-bond acceptors (Lipinski definition) is 3. The largest absolute Gasteiger partial charge is 0.480 e. The number of rotatable bonds is 5. The molecule has 4 nitrogen and oxygen atoms in total. The molecule has 17 heavy (non-hydrogen) atoms. The number of nitrogens with one attached hydrogen (secondary N) is 1. The van der Waals surface area contributed by atoms with E-state index in [0.717, 1.165) is 11.3 Å². The zero-order valence-corrected chi connectivity index (χ0v) is 10.8. The van der Waals surface area contributed by atoms with Crippen LogP contribution in [0.15, 0.2) is 24.3 Å². The lowest BCUT2D eigenvalue weighted by atomic mass is 9.92. The molecule has 0 fully saturated rings. The van der Waals surface area contributed by atoms with Crippen molar-refractivity contribution in [3.8, 4) is 0 Å². The number of carbonyl (C=O) groups is 1. The molecule has 0 aliphatic rings. The second kappa shape index (κ2) is 5.19. The van der Waals surface area contributed by atoms with Gasteiger partial charge in [0, 0.05) is 19.8 Å². The Hall–Kier alpha value is -1.55. The molecular formula is C13H20N2O2. The summed E-state index contributed by atoms with van der Waals surface area (Å²) in [6.45, 7) is 4.19. The van der Waals surface area contributed by atoms with Gasteiger partial charge in [-0.3, -0.25) is 5.32 Å². The number of aliphatic carboxylic acids is 1. The molecule has 0 amide bonds. The molecule has 0 heterocycles. The predicted octanol–water partition coefficient (Wildman–Crippen LogP) is 1.66. The maximum Gasteiger partial charge on any atom is 0.328 e. The van der Waals surface area contributed by atoms with Gasteiger partial charge in [0.1, 0.15) is 5.54 Å². The monoisotopic (exact) mass is 236 g/mol. The molecule has 0 aliphatic carbocycles. The van der Waals surface area contributed by atoms with Crippen LogP contribution in [0.4, 0.5) is 5.69 Å². The summed E-state index contributed by atoms with van der Waals surface area (Å²) in [6, 6.07) is 7.56. The van der Waals surface area contributed by atoms with Crippen molar-refractivity contribution in [2.75, 3.05) is 25.5 Å². The SMILES string of the molecule is CCNC(C)(C(=O)O)c1ccc(N(C)C)cc1. The number of nitrogens with zero attached hydrogens (tertiary/aromatic N) is 1. The molecular weight excluding hydrogens is 216 g/mol. The van der Waals surface area contributed by atoms with Crippen LogP contribution in [-0.2, 0) is 10.3 Å². The van der Waals surface area contributed by atoms with Crippen LogP contribution in [0.2, 0.25) is 0 Å². The Labute approximate surface area is 102 Å². The third-order valence-corrected chi connectivity index (χ3v) is 2.92. The number of anilines is 1. The number of carboxylic acid groups (broad SMARTS) is 1. The summed E-state index contributed by atoms with van der Waals surface area (Å²) in [5.74, 6) is -0.864. The lowest BCUT2D eigenvalue weighted by molar-refractivity contribution is -0.144. The Kier molecular flexibility index (Phi) is 4.12. The highest BCUT2D eigenvalue weighted by Gasteiger charge is 2.33. The van der Waals surface area contributed by atoms with Crippen molar-refractivity contribution in [1.29, 1.82) is 0 Å². The van der Waals surface area contributed by atoms with Gasteiger partial charge in [-0.1, -0.05) is 19.1 Å². The molecule has 0 saturated heterocycles. The van der Waals surface area contributed by atoms with Gasteiger partial charge >= 0.3 is 5.97 Å². The Morgan fingerprint density at radius 2 is 1.88 bits per heavy atom. The maximum absolute atomic E-state index is 11.4. The van der Waals surface area contributed by atoms with E-state index in [0.29, 0.717) is 6.54 Å². The van der Waals surface area contributed by atoms with Crippen molar-refractivity contribution in [2.45, 2.75) is 19.4 Å². The van der Waals surface area contributed by atoms with E-state index in [9.17, 15) is 9.90 Å². The summed E-state index contributed by atoms with van der Waals surface area (Å²) in [5.41, 5.74) is 0.787. The first-order valence-electron chi connectivity index (χ1n) is 5.68. The Bertz CT molecular complexity index is 387. The molecule has 1 atom stereocenters. The van der Waals surface area contributed by atoms with E-state index in [1.54, 1.807) is 6.92 Å². The minimum absolute atomic E-state index is 0.609.